The summed E-state index contributed by atoms with van der Waals surface area (Å²) in [6.07, 6.45) is 4.04. The van der Waals surface area contributed by atoms with Crippen LogP contribution in [0.2, 0.25) is 5.02 Å². The number of nitrogens with one attached hydrogen (secondary N) is 1. The van der Waals surface area contributed by atoms with E-state index in [-0.39, 0.29) is 51.9 Å². The monoisotopic (exact) mass is 511 g/mol. The molecule has 0 unspecified atom stereocenters. The average Bonchev–Trinajstić information content (AvgIpc) is 3.46. The van der Waals surface area contributed by atoms with Crippen molar-refractivity contribution < 1.29 is 9.18 Å². The maximum absolute atomic E-state index is 14.5. The summed E-state index contributed by atoms with van der Waals surface area (Å²) in [5.41, 5.74) is -0.1000. The molecule has 0 saturated heterocycles. The molecule has 2 aromatic carbocycles. The second kappa shape index (κ2) is 9.54. The van der Waals surface area contributed by atoms with Crippen molar-refractivity contribution >= 4 is 34.2 Å². The molecule has 188 valence electrons. The van der Waals surface area contributed by atoms with Crippen LogP contribution in [0.3, 0.4) is 0 Å². The Morgan fingerprint density at radius 2 is 1.94 bits per heavy atom. The Balaban J connectivity index is 1.70. The third-order valence-corrected chi connectivity index (χ3v) is 7.00. The number of amides is 1. The van der Waals surface area contributed by atoms with Gasteiger partial charge in [0.1, 0.15) is 5.82 Å². The lowest BCUT2D eigenvalue weighted by atomic mass is 10.1. The fraction of sp³-hybridized carbons (Fsp3) is 0.385. The second-order valence-electron chi connectivity index (χ2n) is 9.77. The Hall–Kier alpha value is -3.46. The molecule has 8 nitrogen and oxygen atoms in total. The van der Waals surface area contributed by atoms with Gasteiger partial charge in [-0.15, -0.1) is 5.10 Å². The third kappa shape index (κ3) is 4.32. The minimum atomic E-state index is -0.555. The number of hydrogen-bond donors (Lipinski definition) is 1. The molecule has 0 radical (unpaired) electrons. The van der Waals surface area contributed by atoms with Crippen molar-refractivity contribution in [2.45, 2.75) is 58.7 Å². The highest BCUT2D eigenvalue weighted by Gasteiger charge is 2.22. The minimum absolute atomic E-state index is 0.0988. The molecule has 0 bridgehead atoms. The van der Waals surface area contributed by atoms with E-state index in [4.69, 9.17) is 11.6 Å². The number of carbonyl (C=O) groups excluding carboxylic acids is 1. The van der Waals surface area contributed by atoms with E-state index in [1.165, 1.54) is 21.1 Å². The number of rotatable bonds is 6. The molecule has 10 heteroatoms. The van der Waals surface area contributed by atoms with Crippen molar-refractivity contribution in [1.29, 1.82) is 0 Å². The molecule has 1 amide bonds. The van der Waals surface area contributed by atoms with Gasteiger partial charge in [0.2, 0.25) is 5.78 Å². The quantitative estimate of drug-likeness (QED) is 0.424. The molecule has 1 saturated carbocycles. The molecule has 1 aliphatic rings. The van der Waals surface area contributed by atoms with Crippen LogP contribution in [-0.4, -0.2) is 30.7 Å². The fourth-order valence-electron chi connectivity index (χ4n) is 4.86. The van der Waals surface area contributed by atoms with Gasteiger partial charge in [0.15, 0.2) is 0 Å². The van der Waals surface area contributed by atoms with Crippen molar-refractivity contribution in [2.24, 2.45) is 5.92 Å². The van der Waals surface area contributed by atoms with Gasteiger partial charge in [0.05, 0.1) is 17.4 Å². The highest BCUT2D eigenvalue weighted by molar-refractivity contribution is 6.31. The third-order valence-electron chi connectivity index (χ3n) is 6.65. The van der Waals surface area contributed by atoms with Gasteiger partial charge in [-0.05, 0) is 49.1 Å². The summed E-state index contributed by atoms with van der Waals surface area (Å²) in [7, 11) is 0. The van der Waals surface area contributed by atoms with Crippen LogP contribution in [0.5, 0.6) is 0 Å². The van der Waals surface area contributed by atoms with Crippen LogP contribution in [0, 0.1) is 11.7 Å². The zero-order chi connectivity index (χ0) is 25.6. The number of carbonyl (C=O) groups is 1. The van der Waals surface area contributed by atoms with Gasteiger partial charge < -0.3 is 5.32 Å². The average molecular weight is 512 g/mol. The highest BCUT2D eigenvalue weighted by atomic mass is 35.5. The number of benzene rings is 2. The molecule has 2 heterocycles. The lowest BCUT2D eigenvalue weighted by Crippen LogP contribution is -2.33. The zero-order valence-electron chi connectivity index (χ0n) is 20.1. The van der Waals surface area contributed by atoms with Crippen LogP contribution >= 0.6 is 11.6 Å². The van der Waals surface area contributed by atoms with Gasteiger partial charge in [-0.2, -0.15) is 0 Å². The summed E-state index contributed by atoms with van der Waals surface area (Å²) in [6, 6.07) is 9.16. The number of aromatic nitrogens is 4. The van der Waals surface area contributed by atoms with Crippen LogP contribution < -0.4 is 16.6 Å². The van der Waals surface area contributed by atoms with Gasteiger partial charge in [0.25, 0.3) is 11.5 Å². The normalized spacial score (nSPS) is 14.4. The molecular formula is C26H27ClFN5O3. The molecule has 4 aromatic rings. The molecule has 36 heavy (non-hydrogen) atoms. The Morgan fingerprint density at radius 1 is 1.19 bits per heavy atom. The topological polar surface area (TPSA) is 90.4 Å². The van der Waals surface area contributed by atoms with Crippen molar-refractivity contribution in [3.8, 4) is 0 Å². The van der Waals surface area contributed by atoms with Crippen molar-refractivity contribution in [3.63, 3.8) is 0 Å². The first-order valence-electron chi connectivity index (χ1n) is 12.1. The van der Waals surface area contributed by atoms with Crippen LogP contribution in [0.1, 0.15) is 55.5 Å². The van der Waals surface area contributed by atoms with E-state index in [1.807, 2.05) is 13.8 Å². The van der Waals surface area contributed by atoms with E-state index < -0.39 is 11.5 Å². The van der Waals surface area contributed by atoms with Gasteiger partial charge in [0, 0.05) is 28.7 Å². The predicted octanol–water partition coefficient (Wildman–Crippen LogP) is 3.98. The van der Waals surface area contributed by atoms with Gasteiger partial charge in [-0.25, -0.2) is 18.3 Å². The molecule has 0 spiro atoms. The first kappa shape index (κ1) is 24.2. The lowest BCUT2D eigenvalue weighted by Gasteiger charge is -2.14. The first-order chi connectivity index (χ1) is 17.2. The smallest absolute Gasteiger partial charge is 0.349 e. The summed E-state index contributed by atoms with van der Waals surface area (Å²) in [5, 5.41) is 7.93. The second-order valence-corrected chi connectivity index (χ2v) is 10.2. The maximum atomic E-state index is 14.5. The maximum Gasteiger partial charge on any atom is 0.352 e. The van der Waals surface area contributed by atoms with E-state index in [0.29, 0.717) is 17.5 Å². The van der Waals surface area contributed by atoms with Crippen molar-refractivity contribution in [1.82, 2.24) is 24.1 Å². The Bertz CT molecular complexity index is 1580. The van der Waals surface area contributed by atoms with E-state index in [2.05, 4.69) is 10.4 Å². The van der Waals surface area contributed by atoms with E-state index in [1.54, 1.807) is 24.3 Å². The summed E-state index contributed by atoms with van der Waals surface area (Å²) in [6.45, 7) is 4.04. The summed E-state index contributed by atoms with van der Waals surface area (Å²) >= 11 is 6.19. The SMILES string of the molecule is CC(C)Cn1c(=O)c2ccc(C(=O)NC3CCCC3)cc2n2c(=O)n(Cc3c(F)cccc3Cl)nc12. The molecule has 0 aliphatic heterocycles. The van der Waals surface area contributed by atoms with Crippen LogP contribution in [0.15, 0.2) is 46.0 Å². The summed E-state index contributed by atoms with van der Waals surface area (Å²) in [4.78, 5) is 39.9. The van der Waals surface area contributed by atoms with Crippen LogP contribution in [0.4, 0.5) is 4.39 Å². The Morgan fingerprint density at radius 3 is 2.64 bits per heavy atom. The summed E-state index contributed by atoms with van der Waals surface area (Å²) in [5.74, 6) is -0.572. The molecule has 5 rings (SSSR count). The molecule has 2 aromatic heterocycles. The van der Waals surface area contributed by atoms with Gasteiger partial charge in [-0.1, -0.05) is 44.4 Å². The Kier molecular flexibility index (Phi) is 6.42. The van der Waals surface area contributed by atoms with E-state index in [0.717, 1.165) is 30.4 Å². The van der Waals surface area contributed by atoms with Crippen LogP contribution in [-0.2, 0) is 13.1 Å². The zero-order valence-corrected chi connectivity index (χ0v) is 20.9. The number of nitrogens with zero attached hydrogens (tertiary/aromatic N) is 4. The molecule has 1 fully saturated rings. The Labute approximate surface area is 211 Å². The first-order valence-corrected chi connectivity index (χ1v) is 12.5. The van der Waals surface area contributed by atoms with Crippen molar-refractivity contribution in [2.75, 3.05) is 0 Å². The minimum Gasteiger partial charge on any atom is -0.349 e. The van der Waals surface area contributed by atoms with E-state index >= 15 is 0 Å². The van der Waals surface area contributed by atoms with Gasteiger partial charge in [-0.3, -0.25) is 14.2 Å². The molecule has 0 atom stereocenters. The van der Waals surface area contributed by atoms with Crippen molar-refractivity contribution in [3.05, 3.63) is 79.2 Å². The van der Waals surface area contributed by atoms with Crippen LogP contribution in [0.25, 0.3) is 16.7 Å². The molecule has 1 aliphatic carbocycles. The predicted molar refractivity (Wildman–Crippen MR) is 136 cm³/mol. The fourth-order valence-corrected chi connectivity index (χ4v) is 5.08. The van der Waals surface area contributed by atoms with E-state index in [9.17, 15) is 18.8 Å². The lowest BCUT2D eigenvalue weighted by molar-refractivity contribution is 0.0938. The number of fused-ring (bicyclic) bond motifs is 3. The summed E-state index contributed by atoms with van der Waals surface area (Å²) < 4.78 is 18.3. The number of halogens is 2. The van der Waals surface area contributed by atoms with Gasteiger partial charge >= 0.3 is 5.69 Å². The highest BCUT2D eigenvalue weighted by Crippen LogP contribution is 2.21. The number of hydrogen-bond acceptors (Lipinski definition) is 4. The largest absolute Gasteiger partial charge is 0.352 e. The molecular weight excluding hydrogens is 485 g/mol. The standard InChI is InChI=1S/C26H27ClFN5O3/c1-15(2)13-31-24(35)18-11-10-16(23(34)29-17-6-3-4-7-17)12-22(18)33-25(31)30-32(26(33)36)14-19-20(27)8-5-9-21(19)28/h5,8-12,15,17H,3-4,6-7,13-14H2,1-2H3,(H,29,34). The molecule has 1 N–H and O–H groups in total.